The van der Waals surface area contributed by atoms with Gasteiger partial charge >= 0.3 is 17.9 Å². The van der Waals surface area contributed by atoms with E-state index in [0.717, 1.165) is 12.1 Å². The van der Waals surface area contributed by atoms with Gasteiger partial charge in [-0.1, -0.05) is 0 Å². The van der Waals surface area contributed by atoms with Crippen molar-refractivity contribution in [2.75, 3.05) is 24.7 Å². The summed E-state index contributed by atoms with van der Waals surface area (Å²) in [5.41, 5.74) is -0.842. The first-order chi connectivity index (χ1) is 17.7. The minimum Gasteiger partial charge on any atom is -0.480 e. The summed E-state index contributed by atoms with van der Waals surface area (Å²) >= 11 is 0. The van der Waals surface area contributed by atoms with Crippen molar-refractivity contribution in [1.29, 1.82) is 0 Å². The van der Waals surface area contributed by atoms with E-state index in [1.807, 2.05) is 0 Å². The molecular formula is C25H28F3N3O7. The Morgan fingerprint density at radius 1 is 1.24 bits per heavy atom. The molecule has 4 rings (SSSR count). The number of rotatable bonds is 9. The zero-order valence-electron chi connectivity index (χ0n) is 21.0. The number of anilines is 1. The molecule has 0 bridgehead atoms. The second kappa shape index (κ2) is 10.4. The number of ether oxygens (including phenoxy) is 2. The zero-order valence-corrected chi connectivity index (χ0v) is 21.0. The third kappa shape index (κ3) is 5.99. The van der Waals surface area contributed by atoms with E-state index in [0.29, 0.717) is 0 Å². The number of aliphatic hydroxyl groups excluding tert-OH is 1. The second-order valence-electron chi connectivity index (χ2n) is 10.1. The topological polar surface area (TPSA) is 135 Å². The van der Waals surface area contributed by atoms with Crippen molar-refractivity contribution >= 4 is 39.8 Å². The lowest BCUT2D eigenvalue weighted by Crippen LogP contribution is -2.41. The number of benzene rings is 1. The van der Waals surface area contributed by atoms with Gasteiger partial charge in [-0.3, -0.25) is 0 Å². The van der Waals surface area contributed by atoms with E-state index in [1.54, 1.807) is 20.8 Å². The first-order valence-electron chi connectivity index (χ1n) is 12.0. The molecular weight excluding hydrogens is 511 g/mol. The van der Waals surface area contributed by atoms with Gasteiger partial charge in [0.15, 0.2) is 11.4 Å². The van der Waals surface area contributed by atoms with Crippen LogP contribution in [0.3, 0.4) is 0 Å². The van der Waals surface area contributed by atoms with E-state index >= 15 is 8.78 Å². The van der Waals surface area contributed by atoms with Crippen LogP contribution in [-0.2, 0) is 25.0 Å². The number of carbonyl (C=O) groups is 2. The Kier molecular flexibility index (Phi) is 7.53. The number of furan rings is 1. The second-order valence-corrected chi connectivity index (χ2v) is 10.1. The van der Waals surface area contributed by atoms with Gasteiger partial charge in [0, 0.05) is 37.4 Å². The number of aliphatic carboxylic acids is 1. The Bertz CT molecular complexity index is 1360. The molecule has 2 N–H and O–H groups in total. The molecule has 38 heavy (non-hydrogen) atoms. The van der Waals surface area contributed by atoms with Crippen LogP contribution in [0.5, 0.6) is 0 Å². The molecule has 0 unspecified atom stereocenters. The van der Waals surface area contributed by atoms with Crippen LogP contribution in [0.1, 0.15) is 45.9 Å². The molecule has 13 heteroatoms. The molecule has 1 fully saturated rings. The van der Waals surface area contributed by atoms with Crippen molar-refractivity contribution in [3.63, 3.8) is 0 Å². The number of carboxylic acids is 1. The Hall–Kier alpha value is -3.45. The van der Waals surface area contributed by atoms with Gasteiger partial charge in [-0.25, -0.2) is 23.9 Å². The number of aromatic nitrogens is 2. The molecule has 2 atom stereocenters. The standard InChI is InChI=1S/C25H28F3N3O7/c1-24(2,3)38-22(35)16-10-14(32)11-31(16)21-20-19(15-6-5-13(26)9-17(15)37-20)29-23(30-21)25(27,28)7-4-8-36-12-18(33)34/h5-6,9,14,16,32H,4,7-8,10-12H2,1-3H3,(H,33,34)/t14-,16-/m0/s1. The maximum atomic E-state index is 15.3. The quantitative estimate of drug-likeness (QED) is 0.306. The van der Waals surface area contributed by atoms with E-state index in [4.69, 9.17) is 19.0 Å². The summed E-state index contributed by atoms with van der Waals surface area (Å²) in [4.78, 5) is 33.0. The lowest BCUT2D eigenvalue weighted by molar-refractivity contribution is -0.156. The molecule has 1 saturated heterocycles. The molecule has 10 nitrogen and oxygen atoms in total. The zero-order chi connectivity index (χ0) is 27.8. The number of aliphatic hydroxyl groups is 1. The number of β-amino-alcohol motifs (C(OH)–C–C–N with tert-alkyl or cyclic N) is 1. The summed E-state index contributed by atoms with van der Waals surface area (Å²) in [5.74, 6) is -7.09. The minimum absolute atomic E-state index is 0.00821. The van der Waals surface area contributed by atoms with Crippen LogP contribution in [0.2, 0.25) is 0 Å². The molecule has 3 heterocycles. The van der Waals surface area contributed by atoms with Crippen LogP contribution in [-0.4, -0.2) is 69.6 Å². The smallest absolute Gasteiger partial charge is 0.329 e. The highest BCUT2D eigenvalue weighted by Gasteiger charge is 2.43. The average Bonchev–Trinajstić information content (AvgIpc) is 3.36. The number of esters is 1. The monoisotopic (exact) mass is 539 g/mol. The molecule has 1 aliphatic rings. The van der Waals surface area contributed by atoms with Crippen LogP contribution in [0.4, 0.5) is 19.0 Å². The van der Waals surface area contributed by atoms with Gasteiger partial charge in [-0.15, -0.1) is 0 Å². The fourth-order valence-electron chi connectivity index (χ4n) is 4.27. The highest BCUT2D eigenvalue weighted by atomic mass is 19.3. The van der Waals surface area contributed by atoms with Gasteiger partial charge in [0.25, 0.3) is 0 Å². The van der Waals surface area contributed by atoms with Crippen molar-refractivity contribution in [3.8, 4) is 0 Å². The summed E-state index contributed by atoms with van der Waals surface area (Å²) in [6, 6.07) is 2.53. The molecule has 0 saturated carbocycles. The van der Waals surface area contributed by atoms with Gasteiger partial charge in [0.2, 0.25) is 5.82 Å². The maximum Gasteiger partial charge on any atom is 0.329 e. The van der Waals surface area contributed by atoms with Crippen LogP contribution in [0.15, 0.2) is 22.6 Å². The highest BCUT2D eigenvalue weighted by molar-refractivity contribution is 6.06. The number of carboxylic acid groups (broad SMARTS) is 1. The molecule has 0 radical (unpaired) electrons. The van der Waals surface area contributed by atoms with Crippen LogP contribution in [0.25, 0.3) is 22.1 Å². The molecule has 0 amide bonds. The summed E-state index contributed by atoms with van der Waals surface area (Å²) in [6.07, 6.45) is -1.94. The molecule has 3 aromatic rings. The van der Waals surface area contributed by atoms with Crippen LogP contribution < -0.4 is 4.90 Å². The Labute approximate surface area is 215 Å². The van der Waals surface area contributed by atoms with Crippen molar-refractivity contribution in [2.45, 2.75) is 63.7 Å². The first-order valence-corrected chi connectivity index (χ1v) is 12.0. The summed E-state index contributed by atoms with van der Waals surface area (Å²) < 4.78 is 60.6. The van der Waals surface area contributed by atoms with Gasteiger partial charge in [0.05, 0.1) is 6.10 Å². The normalized spacial score (nSPS) is 18.4. The molecule has 1 aliphatic heterocycles. The van der Waals surface area contributed by atoms with Gasteiger partial charge in [-0.05, 0) is 39.3 Å². The number of halogens is 3. The average molecular weight is 540 g/mol. The third-order valence-electron chi connectivity index (χ3n) is 5.82. The summed E-state index contributed by atoms with van der Waals surface area (Å²) in [7, 11) is 0. The van der Waals surface area contributed by atoms with E-state index in [2.05, 4.69) is 9.97 Å². The molecule has 0 spiro atoms. The van der Waals surface area contributed by atoms with Gasteiger partial charge in [0.1, 0.15) is 35.2 Å². The number of hydrogen-bond donors (Lipinski definition) is 2. The SMILES string of the molecule is CC(C)(C)OC(=O)[C@@H]1C[C@H](O)CN1c1nc(C(F)(F)CCCOCC(=O)O)nc2c1oc1cc(F)ccc12. The van der Waals surface area contributed by atoms with Gasteiger partial charge in [-0.2, -0.15) is 8.78 Å². The number of fused-ring (bicyclic) bond motifs is 3. The van der Waals surface area contributed by atoms with E-state index in [-0.39, 0.29) is 53.9 Å². The predicted octanol–water partition coefficient (Wildman–Crippen LogP) is 3.77. The number of alkyl halides is 2. The van der Waals surface area contributed by atoms with E-state index < -0.39 is 60.3 Å². The number of carbonyl (C=O) groups excluding carboxylic acids is 1. The number of hydrogen-bond acceptors (Lipinski definition) is 9. The Morgan fingerprint density at radius 3 is 2.66 bits per heavy atom. The fraction of sp³-hybridized carbons (Fsp3) is 0.520. The molecule has 2 aromatic heterocycles. The summed E-state index contributed by atoms with van der Waals surface area (Å²) in [5, 5.41) is 19.3. The lowest BCUT2D eigenvalue weighted by atomic mass is 10.1. The van der Waals surface area contributed by atoms with E-state index in [9.17, 15) is 19.1 Å². The highest BCUT2D eigenvalue weighted by Crippen LogP contribution is 2.40. The molecule has 0 aliphatic carbocycles. The van der Waals surface area contributed by atoms with E-state index in [1.165, 1.54) is 11.0 Å². The van der Waals surface area contributed by atoms with Crippen molar-refractivity contribution in [2.24, 2.45) is 0 Å². The maximum absolute atomic E-state index is 15.3. The molecule has 206 valence electrons. The Balaban J connectivity index is 1.77. The largest absolute Gasteiger partial charge is 0.480 e. The lowest BCUT2D eigenvalue weighted by Gasteiger charge is -2.28. The minimum atomic E-state index is -3.57. The van der Waals surface area contributed by atoms with Gasteiger partial charge < -0.3 is 29.0 Å². The predicted molar refractivity (Wildman–Crippen MR) is 128 cm³/mol. The van der Waals surface area contributed by atoms with Crippen molar-refractivity contribution in [1.82, 2.24) is 9.97 Å². The first kappa shape index (κ1) is 27.6. The van der Waals surface area contributed by atoms with Crippen LogP contribution >= 0.6 is 0 Å². The van der Waals surface area contributed by atoms with Crippen LogP contribution in [0, 0.1) is 5.82 Å². The van der Waals surface area contributed by atoms with Crippen molar-refractivity contribution in [3.05, 3.63) is 29.8 Å². The Morgan fingerprint density at radius 2 is 1.97 bits per heavy atom. The fourth-order valence-corrected chi connectivity index (χ4v) is 4.27. The third-order valence-corrected chi connectivity index (χ3v) is 5.82. The number of nitrogens with zero attached hydrogens (tertiary/aromatic N) is 3. The van der Waals surface area contributed by atoms with Crippen molar-refractivity contribution < 1.29 is 46.9 Å². The summed E-state index contributed by atoms with van der Waals surface area (Å²) in [6.45, 7) is 4.08. The molecule has 1 aromatic carbocycles.